The predicted molar refractivity (Wildman–Crippen MR) is 50.9 cm³/mol. The van der Waals surface area contributed by atoms with Gasteiger partial charge in [0.2, 0.25) is 0 Å². The molecule has 14 heavy (non-hydrogen) atoms. The van der Waals surface area contributed by atoms with E-state index < -0.39 is 0 Å². The van der Waals surface area contributed by atoms with E-state index in [2.05, 4.69) is 5.32 Å². The minimum atomic E-state index is -0.336. The summed E-state index contributed by atoms with van der Waals surface area (Å²) in [5, 5.41) is 3.19. The Morgan fingerprint density at radius 1 is 1.36 bits per heavy atom. The maximum atomic E-state index is 13.0. The third-order valence-electron chi connectivity index (χ3n) is 3.18. The molecule has 1 N–H and O–H groups in total. The van der Waals surface area contributed by atoms with Crippen LogP contribution in [0.5, 0.6) is 0 Å². The lowest BCUT2D eigenvalue weighted by molar-refractivity contribution is 0.0903. The third kappa shape index (κ3) is 0.924. The fourth-order valence-corrected chi connectivity index (χ4v) is 2.04. The Bertz CT molecular complexity index is 423. The van der Waals surface area contributed by atoms with Crippen molar-refractivity contribution in [2.75, 3.05) is 11.9 Å². The molecule has 0 saturated heterocycles. The molecule has 0 unspecified atom stereocenters. The molecule has 3 heteroatoms. The molecule has 1 aromatic rings. The van der Waals surface area contributed by atoms with Crippen LogP contribution in [0.25, 0.3) is 0 Å². The van der Waals surface area contributed by atoms with E-state index in [1.807, 2.05) is 0 Å². The molecular formula is C11H10FNO. The first kappa shape index (κ1) is 7.97. The van der Waals surface area contributed by atoms with Crippen molar-refractivity contribution in [2.24, 2.45) is 5.41 Å². The molecule has 1 fully saturated rings. The van der Waals surface area contributed by atoms with Gasteiger partial charge in [-0.3, -0.25) is 4.79 Å². The van der Waals surface area contributed by atoms with E-state index in [9.17, 15) is 9.18 Å². The summed E-state index contributed by atoms with van der Waals surface area (Å²) in [7, 11) is 0. The molecule has 1 spiro atoms. The zero-order valence-electron chi connectivity index (χ0n) is 7.64. The highest BCUT2D eigenvalue weighted by molar-refractivity contribution is 6.08. The number of nitrogens with one attached hydrogen (secondary N) is 1. The van der Waals surface area contributed by atoms with E-state index in [0.29, 0.717) is 12.1 Å². The molecular weight excluding hydrogens is 181 g/mol. The second-order valence-electron chi connectivity index (χ2n) is 4.15. The summed E-state index contributed by atoms with van der Waals surface area (Å²) in [4.78, 5) is 11.9. The van der Waals surface area contributed by atoms with E-state index in [0.717, 1.165) is 18.5 Å². The number of hydrogen-bond acceptors (Lipinski definition) is 2. The molecule has 1 saturated carbocycles. The van der Waals surface area contributed by atoms with Gasteiger partial charge in [0.15, 0.2) is 5.78 Å². The van der Waals surface area contributed by atoms with Crippen molar-refractivity contribution < 1.29 is 9.18 Å². The lowest BCUT2D eigenvalue weighted by atomic mass is 9.90. The zero-order chi connectivity index (χ0) is 9.76. The molecule has 3 rings (SSSR count). The summed E-state index contributed by atoms with van der Waals surface area (Å²) in [5.74, 6) is -0.220. The summed E-state index contributed by atoms with van der Waals surface area (Å²) in [5.41, 5.74) is 1.10. The highest BCUT2D eigenvalue weighted by atomic mass is 19.1. The van der Waals surface area contributed by atoms with E-state index in [-0.39, 0.29) is 17.0 Å². The topological polar surface area (TPSA) is 29.1 Å². The van der Waals surface area contributed by atoms with Crippen LogP contribution in [0, 0.1) is 11.2 Å². The first-order chi connectivity index (χ1) is 6.71. The van der Waals surface area contributed by atoms with Gasteiger partial charge in [-0.2, -0.15) is 0 Å². The third-order valence-corrected chi connectivity index (χ3v) is 3.18. The van der Waals surface area contributed by atoms with Gasteiger partial charge in [-0.15, -0.1) is 0 Å². The molecule has 0 radical (unpaired) electrons. The van der Waals surface area contributed by atoms with Gasteiger partial charge in [-0.05, 0) is 31.0 Å². The van der Waals surface area contributed by atoms with Crippen LogP contribution in [0.1, 0.15) is 23.2 Å². The van der Waals surface area contributed by atoms with Crippen LogP contribution in [0.4, 0.5) is 10.1 Å². The number of hydrogen-bond donors (Lipinski definition) is 1. The molecule has 2 aliphatic rings. The van der Waals surface area contributed by atoms with Crippen molar-refractivity contribution >= 4 is 11.5 Å². The smallest absolute Gasteiger partial charge is 0.172 e. The van der Waals surface area contributed by atoms with Crippen LogP contribution in [-0.2, 0) is 0 Å². The number of carbonyl (C=O) groups is 1. The second-order valence-corrected chi connectivity index (χ2v) is 4.15. The van der Waals surface area contributed by atoms with E-state index >= 15 is 0 Å². The Labute approximate surface area is 81.1 Å². The summed E-state index contributed by atoms with van der Waals surface area (Å²) in [6.45, 7) is 0.713. The largest absolute Gasteiger partial charge is 0.383 e. The number of carbonyl (C=O) groups excluding carboxylic acids is 1. The van der Waals surface area contributed by atoms with Crippen molar-refractivity contribution in [2.45, 2.75) is 12.8 Å². The number of rotatable bonds is 0. The van der Waals surface area contributed by atoms with Gasteiger partial charge in [0.25, 0.3) is 0 Å². The highest BCUT2D eigenvalue weighted by Gasteiger charge is 2.52. The summed E-state index contributed by atoms with van der Waals surface area (Å²) in [6.07, 6.45) is 1.88. The van der Waals surface area contributed by atoms with Gasteiger partial charge in [-0.1, -0.05) is 0 Å². The molecule has 1 aliphatic carbocycles. The summed E-state index contributed by atoms with van der Waals surface area (Å²) >= 11 is 0. The number of ketones is 1. The van der Waals surface area contributed by atoms with E-state index in [1.54, 1.807) is 6.07 Å². The monoisotopic (exact) mass is 191 g/mol. The summed E-state index contributed by atoms with van der Waals surface area (Å²) < 4.78 is 13.0. The molecule has 1 aromatic carbocycles. The highest BCUT2D eigenvalue weighted by Crippen LogP contribution is 2.51. The molecule has 2 nitrogen and oxygen atoms in total. The molecule has 72 valence electrons. The van der Waals surface area contributed by atoms with Gasteiger partial charge < -0.3 is 5.32 Å². The van der Waals surface area contributed by atoms with Crippen LogP contribution in [-0.4, -0.2) is 12.3 Å². The van der Waals surface area contributed by atoms with Gasteiger partial charge in [0.05, 0.1) is 5.41 Å². The average Bonchev–Trinajstić information content (AvgIpc) is 2.94. The van der Waals surface area contributed by atoms with Crippen molar-refractivity contribution in [1.82, 2.24) is 0 Å². The minimum Gasteiger partial charge on any atom is -0.383 e. The minimum absolute atomic E-state index is 0.116. The van der Waals surface area contributed by atoms with Gasteiger partial charge >= 0.3 is 0 Å². The molecule has 1 heterocycles. The molecule has 0 aromatic heterocycles. The van der Waals surface area contributed by atoms with Crippen LogP contribution in [0.2, 0.25) is 0 Å². The summed E-state index contributed by atoms with van der Waals surface area (Å²) in [6, 6.07) is 4.35. The quantitative estimate of drug-likeness (QED) is 0.681. The van der Waals surface area contributed by atoms with Crippen molar-refractivity contribution in [3.05, 3.63) is 29.6 Å². The SMILES string of the molecule is O=C1c2cc(F)ccc2NCC12CC2. The Balaban J connectivity index is 2.13. The standard InChI is InChI=1S/C11H10FNO/c12-7-1-2-9-8(5-7)10(14)11(3-4-11)6-13-9/h1-2,5,13H,3-4,6H2. The lowest BCUT2D eigenvalue weighted by Gasteiger charge is -2.24. The lowest BCUT2D eigenvalue weighted by Crippen LogP contribution is -2.31. The number of anilines is 1. The van der Waals surface area contributed by atoms with Crippen LogP contribution in [0.3, 0.4) is 0 Å². The van der Waals surface area contributed by atoms with Gasteiger partial charge in [0.1, 0.15) is 5.82 Å². The van der Waals surface area contributed by atoms with Crippen LogP contribution < -0.4 is 5.32 Å². The van der Waals surface area contributed by atoms with Crippen molar-refractivity contribution in [3.63, 3.8) is 0 Å². The van der Waals surface area contributed by atoms with Crippen molar-refractivity contribution in [3.8, 4) is 0 Å². The number of halogens is 1. The maximum Gasteiger partial charge on any atom is 0.172 e. The predicted octanol–water partition coefficient (Wildman–Crippen LogP) is 2.21. The van der Waals surface area contributed by atoms with E-state index in [4.69, 9.17) is 0 Å². The molecule has 1 aliphatic heterocycles. The first-order valence-corrected chi connectivity index (χ1v) is 4.80. The number of benzene rings is 1. The zero-order valence-corrected chi connectivity index (χ0v) is 7.64. The molecule has 0 amide bonds. The van der Waals surface area contributed by atoms with E-state index in [1.165, 1.54) is 12.1 Å². The average molecular weight is 191 g/mol. The normalized spacial score (nSPS) is 21.6. The Hall–Kier alpha value is -1.38. The Kier molecular flexibility index (Phi) is 1.34. The van der Waals surface area contributed by atoms with Crippen molar-refractivity contribution in [1.29, 1.82) is 0 Å². The fourth-order valence-electron chi connectivity index (χ4n) is 2.04. The van der Waals surface area contributed by atoms with Crippen LogP contribution in [0.15, 0.2) is 18.2 Å². The maximum absolute atomic E-state index is 13.0. The number of Topliss-reactive ketones (excluding diaryl/α,β-unsaturated/α-hetero) is 1. The molecule has 0 atom stereocenters. The fraction of sp³-hybridized carbons (Fsp3) is 0.364. The van der Waals surface area contributed by atoms with Crippen LogP contribution >= 0.6 is 0 Å². The van der Waals surface area contributed by atoms with Gasteiger partial charge in [-0.25, -0.2) is 4.39 Å². The first-order valence-electron chi connectivity index (χ1n) is 4.80. The molecule has 0 bridgehead atoms. The Morgan fingerprint density at radius 2 is 2.14 bits per heavy atom. The van der Waals surface area contributed by atoms with Gasteiger partial charge in [0, 0.05) is 17.8 Å². The Morgan fingerprint density at radius 3 is 2.86 bits per heavy atom. The number of fused-ring (bicyclic) bond motifs is 1. The second kappa shape index (κ2) is 2.35.